The van der Waals surface area contributed by atoms with E-state index in [-0.39, 0.29) is 10.6 Å². The van der Waals surface area contributed by atoms with Gasteiger partial charge in [0.15, 0.2) is 0 Å². The zero-order valence-electron chi connectivity index (χ0n) is 10.3. The SMILES string of the molecule is Cc1ccc(C(Br)c2ccc(OC(F)F)cc2)cc1. The Bertz CT molecular complexity index is 523. The van der Waals surface area contributed by atoms with Crippen molar-refractivity contribution in [3.8, 4) is 5.75 Å². The predicted octanol–water partition coefficient (Wildman–Crippen LogP) is 5.08. The molecule has 0 N–H and O–H groups in total. The fourth-order valence-corrected chi connectivity index (χ4v) is 2.36. The lowest BCUT2D eigenvalue weighted by molar-refractivity contribution is -0.0498. The van der Waals surface area contributed by atoms with E-state index >= 15 is 0 Å². The second-order valence-electron chi connectivity index (χ2n) is 4.22. The van der Waals surface area contributed by atoms with Crippen molar-refractivity contribution in [1.29, 1.82) is 0 Å². The molecule has 0 aliphatic rings. The highest BCUT2D eigenvalue weighted by atomic mass is 79.9. The molecule has 2 aromatic rings. The molecule has 0 aliphatic heterocycles. The number of ether oxygens (including phenoxy) is 1. The molecule has 0 radical (unpaired) electrons. The summed E-state index contributed by atoms with van der Waals surface area (Å²) in [6.07, 6.45) is 0. The van der Waals surface area contributed by atoms with Crippen molar-refractivity contribution in [2.24, 2.45) is 0 Å². The van der Waals surface area contributed by atoms with Gasteiger partial charge in [-0.2, -0.15) is 8.78 Å². The van der Waals surface area contributed by atoms with Gasteiger partial charge in [-0.15, -0.1) is 0 Å². The Morgan fingerprint density at radius 3 is 1.84 bits per heavy atom. The number of aryl methyl sites for hydroxylation is 1. The second-order valence-corrected chi connectivity index (χ2v) is 5.14. The summed E-state index contributed by atoms with van der Waals surface area (Å²) >= 11 is 3.61. The Morgan fingerprint density at radius 1 is 0.895 bits per heavy atom. The first kappa shape index (κ1) is 14.0. The average molecular weight is 327 g/mol. The van der Waals surface area contributed by atoms with E-state index in [0.717, 1.165) is 11.1 Å². The fraction of sp³-hybridized carbons (Fsp3) is 0.200. The molecule has 0 aromatic heterocycles. The summed E-state index contributed by atoms with van der Waals surface area (Å²) in [4.78, 5) is 0.0358. The van der Waals surface area contributed by atoms with Crippen LogP contribution in [0.15, 0.2) is 48.5 Å². The van der Waals surface area contributed by atoms with Crippen LogP contribution in [0.1, 0.15) is 21.5 Å². The monoisotopic (exact) mass is 326 g/mol. The van der Waals surface area contributed by atoms with Gasteiger partial charge in [0.05, 0.1) is 4.83 Å². The van der Waals surface area contributed by atoms with Gasteiger partial charge in [0.1, 0.15) is 5.75 Å². The van der Waals surface area contributed by atoms with Crippen molar-refractivity contribution in [3.05, 3.63) is 65.2 Å². The summed E-state index contributed by atoms with van der Waals surface area (Å²) in [5.74, 6) is 0.169. The van der Waals surface area contributed by atoms with Gasteiger partial charge < -0.3 is 4.74 Å². The molecular formula is C15H13BrF2O. The van der Waals surface area contributed by atoms with Crippen LogP contribution >= 0.6 is 15.9 Å². The third-order valence-corrected chi connectivity index (χ3v) is 3.83. The van der Waals surface area contributed by atoms with Crippen LogP contribution in [0, 0.1) is 6.92 Å². The van der Waals surface area contributed by atoms with Crippen LogP contribution in [0.2, 0.25) is 0 Å². The summed E-state index contributed by atoms with van der Waals surface area (Å²) in [5, 5.41) is 0. The van der Waals surface area contributed by atoms with Crippen LogP contribution in [0.5, 0.6) is 5.75 Å². The van der Waals surface area contributed by atoms with Crippen LogP contribution in [-0.4, -0.2) is 6.61 Å². The maximum Gasteiger partial charge on any atom is 0.387 e. The lowest BCUT2D eigenvalue weighted by atomic mass is 10.0. The van der Waals surface area contributed by atoms with Gasteiger partial charge >= 0.3 is 6.61 Å². The number of alkyl halides is 3. The third-order valence-electron chi connectivity index (χ3n) is 2.77. The van der Waals surface area contributed by atoms with Gasteiger partial charge in [0.2, 0.25) is 0 Å². The van der Waals surface area contributed by atoms with Crippen LogP contribution in [0.3, 0.4) is 0 Å². The Hall–Kier alpha value is -1.42. The molecule has 1 nitrogen and oxygen atoms in total. The van der Waals surface area contributed by atoms with Gasteiger partial charge in [-0.05, 0) is 30.2 Å². The summed E-state index contributed by atoms with van der Waals surface area (Å²) in [7, 11) is 0. The molecule has 19 heavy (non-hydrogen) atoms. The molecule has 0 bridgehead atoms. The standard InChI is InChI=1S/C15H13BrF2O/c1-10-2-4-11(5-3-10)14(16)12-6-8-13(9-7-12)19-15(17)18/h2-9,14-15H,1H3. The van der Waals surface area contributed by atoms with Gasteiger partial charge in [0, 0.05) is 0 Å². The first-order chi connectivity index (χ1) is 9.06. The average Bonchev–Trinajstić information content (AvgIpc) is 2.39. The van der Waals surface area contributed by atoms with Crippen LogP contribution in [0.25, 0.3) is 0 Å². The summed E-state index contributed by atoms with van der Waals surface area (Å²) in [5.41, 5.74) is 3.31. The molecule has 0 amide bonds. The molecule has 0 heterocycles. The fourth-order valence-electron chi connectivity index (χ4n) is 1.75. The summed E-state index contributed by atoms with van der Waals surface area (Å²) in [6.45, 7) is -0.758. The molecule has 2 aromatic carbocycles. The van der Waals surface area contributed by atoms with E-state index in [2.05, 4.69) is 20.7 Å². The zero-order valence-corrected chi connectivity index (χ0v) is 11.9. The van der Waals surface area contributed by atoms with Gasteiger partial charge in [-0.25, -0.2) is 0 Å². The minimum absolute atomic E-state index is 0.0358. The van der Waals surface area contributed by atoms with E-state index < -0.39 is 6.61 Å². The van der Waals surface area contributed by atoms with Crippen molar-refractivity contribution >= 4 is 15.9 Å². The Kier molecular flexibility index (Phi) is 4.53. The van der Waals surface area contributed by atoms with Crippen molar-refractivity contribution < 1.29 is 13.5 Å². The minimum atomic E-state index is -2.79. The normalized spacial score (nSPS) is 12.5. The highest BCUT2D eigenvalue weighted by Gasteiger charge is 2.11. The lowest BCUT2D eigenvalue weighted by Crippen LogP contribution is -2.02. The number of hydrogen-bond donors (Lipinski definition) is 0. The Morgan fingerprint density at radius 2 is 1.37 bits per heavy atom. The largest absolute Gasteiger partial charge is 0.435 e. The smallest absolute Gasteiger partial charge is 0.387 e. The lowest BCUT2D eigenvalue weighted by Gasteiger charge is -2.12. The molecule has 100 valence electrons. The van der Waals surface area contributed by atoms with Crippen LogP contribution in [-0.2, 0) is 0 Å². The van der Waals surface area contributed by atoms with E-state index in [1.165, 1.54) is 5.56 Å². The van der Waals surface area contributed by atoms with Crippen LogP contribution < -0.4 is 4.74 Å². The van der Waals surface area contributed by atoms with Crippen molar-refractivity contribution in [2.75, 3.05) is 0 Å². The molecule has 1 unspecified atom stereocenters. The van der Waals surface area contributed by atoms with E-state index in [9.17, 15) is 8.78 Å². The number of rotatable bonds is 4. The van der Waals surface area contributed by atoms with Crippen LogP contribution in [0.4, 0.5) is 8.78 Å². The summed E-state index contributed by atoms with van der Waals surface area (Å²) in [6, 6.07) is 14.8. The zero-order chi connectivity index (χ0) is 13.8. The van der Waals surface area contributed by atoms with Crippen molar-refractivity contribution in [3.63, 3.8) is 0 Å². The maximum absolute atomic E-state index is 12.1. The van der Waals surface area contributed by atoms with E-state index in [4.69, 9.17) is 0 Å². The van der Waals surface area contributed by atoms with Gasteiger partial charge in [-0.1, -0.05) is 57.9 Å². The quantitative estimate of drug-likeness (QED) is 0.712. The highest BCUT2D eigenvalue weighted by Crippen LogP contribution is 2.31. The second kappa shape index (κ2) is 6.15. The molecule has 4 heteroatoms. The predicted molar refractivity (Wildman–Crippen MR) is 75.0 cm³/mol. The van der Waals surface area contributed by atoms with Crippen molar-refractivity contribution in [1.82, 2.24) is 0 Å². The van der Waals surface area contributed by atoms with E-state index in [1.807, 2.05) is 31.2 Å². The van der Waals surface area contributed by atoms with Crippen molar-refractivity contribution in [2.45, 2.75) is 18.4 Å². The molecule has 0 fully saturated rings. The Labute approximate surface area is 119 Å². The topological polar surface area (TPSA) is 9.23 Å². The Balaban J connectivity index is 2.15. The number of halogens is 3. The molecule has 0 saturated carbocycles. The van der Waals surface area contributed by atoms with Gasteiger partial charge in [0.25, 0.3) is 0 Å². The maximum atomic E-state index is 12.1. The van der Waals surface area contributed by atoms with Gasteiger partial charge in [-0.3, -0.25) is 0 Å². The third kappa shape index (κ3) is 3.77. The minimum Gasteiger partial charge on any atom is -0.435 e. The summed E-state index contributed by atoms with van der Waals surface area (Å²) < 4.78 is 28.4. The molecular weight excluding hydrogens is 314 g/mol. The molecule has 0 spiro atoms. The molecule has 1 atom stereocenters. The first-order valence-electron chi connectivity index (χ1n) is 5.81. The highest BCUT2D eigenvalue weighted by molar-refractivity contribution is 9.09. The first-order valence-corrected chi connectivity index (χ1v) is 6.73. The van der Waals surface area contributed by atoms with E-state index in [1.54, 1.807) is 24.3 Å². The number of hydrogen-bond acceptors (Lipinski definition) is 1. The number of benzene rings is 2. The molecule has 2 rings (SSSR count). The molecule has 0 aliphatic carbocycles. The van der Waals surface area contributed by atoms with E-state index in [0.29, 0.717) is 0 Å². The molecule has 0 saturated heterocycles.